The van der Waals surface area contributed by atoms with Gasteiger partial charge in [0.1, 0.15) is 6.54 Å². The number of anilines is 2. The van der Waals surface area contributed by atoms with Crippen LogP contribution in [0, 0.1) is 0 Å². The standard InChI is InChI=1S/C17H16N4O4S2/c1-27(24,25)20-13-7-5-12(6-8-13)14-11-26-17(18-14)19-15(22)10-21-9-3-2-4-16(21)23/h2-9,11,20H,10H2,1H3,(H,18,19,22). The molecule has 0 unspecified atom stereocenters. The van der Waals surface area contributed by atoms with E-state index in [-0.39, 0.29) is 18.0 Å². The van der Waals surface area contributed by atoms with Gasteiger partial charge in [0, 0.05) is 28.9 Å². The molecule has 1 amide bonds. The van der Waals surface area contributed by atoms with Gasteiger partial charge in [0.05, 0.1) is 11.9 Å². The van der Waals surface area contributed by atoms with Crippen LogP contribution in [0.2, 0.25) is 0 Å². The molecule has 1 aromatic carbocycles. The summed E-state index contributed by atoms with van der Waals surface area (Å²) in [5.74, 6) is -0.350. The summed E-state index contributed by atoms with van der Waals surface area (Å²) in [7, 11) is -3.33. The van der Waals surface area contributed by atoms with Crippen molar-refractivity contribution in [3.8, 4) is 11.3 Å². The van der Waals surface area contributed by atoms with Crippen molar-refractivity contribution in [3.63, 3.8) is 0 Å². The van der Waals surface area contributed by atoms with Crippen LogP contribution in [-0.2, 0) is 21.4 Å². The molecule has 2 N–H and O–H groups in total. The highest BCUT2D eigenvalue weighted by Gasteiger charge is 2.10. The SMILES string of the molecule is CS(=O)(=O)Nc1ccc(-c2csc(NC(=O)Cn3ccccc3=O)n2)cc1. The maximum Gasteiger partial charge on any atom is 0.250 e. The molecule has 0 aliphatic carbocycles. The average Bonchev–Trinajstić information content (AvgIpc) is 3.04. The fourth-order valence-corrected chi connectivity index (χ4v) is 3.59. The maximum absolute atomic E-state index is 12.1. The molecule has 27 heavy (non-hydrogen) atoms. The molecule has 0 fully saturated rings. The number of sulfonamides is 1. The van der Waals surface area contributed by atoms with Gasteiger partial charge in [-0.1, -0.05) is 18.2 Å². The van der Waals surface area contributed by atoms with Crippen LogP contribution in [0.15, 0.2) is 58.8 Å². The summed E-state index contributed by atoms with van der Waals surface area (Å²) in [5, 5.41) is 4.86. The van der Waals surface area contributed by atoms with E-state index in [0.29, 0.717) is 16.5 Å². The first-order chi connectivity index (χ1) is 12.8. The van der Waals surface area contributed by atoms with Gasteiger partial charge in [-0.25, -0.2) is 13.4 Å². The van der Waals surface area contributed by atoms with Crippen molar-refractivity contribution in [2.75, 3.05) is 16.3 Å². The minimum absolute atomic E-state index is 0.0968. The number of aromatic nitrogens is 2. The number of carbonyl (C=O) groups excluding carboxylic acids is 1. The smallest absolute Gasteiger partial charge is 0.250 e. The summed E-state index contributed by atoms with van der Waals surface area (Å²) in [6.07, 6.45) is 2.63. The molecule has 3 rings (SSSR count). The fraction of sp³-hybridized carbons (Fsp3) is 0.118. The Kier molecular flexibility index (Phi) is 5.38. The van der Waals surface area contributed by atoms with Crippen LogP contribution in [0.5, 0.6) is 0 Å². The van der Waals surface area contributed by atoms with Crippen LogP contribution in [-0.4, -0.2) is 30.1 Å². The van der Waals surface area contributed by atoms with E-state index < -0.39 is 10.0 Å². The number of pyridine rings is 1. The Bertz CT molecular complexity index is 1120. The van der Waals surface area contributed by atoms with Crippen molar-refractivity contribution in [3.05, 3.63) is 64.4 Å². The number of hydrogen-bond acceptors (Lipinski definition) is 6. The molecule has 0 aliphatic rings. The lowest BCUT2D eigenvalue weighted by molar-refractivity contribution is -0.116. The number of benzene rings is 1. The quantitative estimate of drug-likeness (QED) is 0.653. The molecule has 2 aromatic heterocycles. The molecule has 3 aromatic rings. The number of carbonyl (C=O) groups is 1. The van der Waals surface area contributed by atoms with Gasteiger partial charge < -0.3 is 9.88 Å². The lowest BCUT2D eigenvalue weighted by Crippen LogP contribution is -2.26. The first-order valence-electron chi connectivity index (χ1n) is 7.79. The number of amides is 1. The third kappa shape index (κ3) is 5.25. The van der Waals surface area contributed by atoms with Crippen LogP contribution in [0.3, 0.4) is 0 Å². The van der Waals surface area contributed by atoms with Crippen LogP contribution in [0.25, 0.3) is 11.3 Å². The molecule has 0 radical (unpaired) electrons. The monoisotopic (exact) mass is 404 g/mol. The average molecular weight is 404 g/mol. The molecular weight excluding hydrogens is 388 g/mol. The maximum atomic E-state index is 12.1. The number of nitrogens with zero attached hydrogens (tertiary/aromatic N) is 2. The second kappa shape index (κ2) is 7.72. The highest BCUT2D eigenvalue weighted by atomic mass is 32.2. The molecule has 0 spiro atoms. The Hall–Kier alpha value is -2.98. The van der Waals surface area contributed by atoms with E-state index in [2.05, 4.69) is 15.0 Å². The molecular formula is C17H16N4O4S2. The zero-order valence-electron chi connectivity index (χ0n) is 14.2. The van der Waals surface area contributed by atoms with Crippen molar-refractivity contribution in [2.24, 2.45) is 0 Å². The van der Waals surface area contributed by atoms with Crippen molar-refractivity contribution < 1.29 is 13.2 Å². The highest BCUT2D eigenvalue weighted by Crippen LogP contribution is 2.26. The Balaban J connectivity index is 1.67. The van der Waals surface area contributed by atoms with Crippen molar-refractivity contribution in [1.29, 1.82) is 0 Å². The molecule has 2 heterocycles. The molecule has 0 bridgehead atoms. The number of hydrogen-bond donors (Lipinski definition) is 2. The predicted octanol–water partition coefficient (Wildman–Crippen LogP) is 1.98. The van der Waals surface area contributed by atoms with Crippen LogP contribution in [0.1, 0.15) is 0 Å². The van der Waals surface area contributed by atoms with E-state index in [9.17, 15) is 18.0 Å². The van der Waals surface area contributed by atoms with Gasteiger partial charge in [-0.15, -0.1) is 11.3 Å². The van der Waals surface area contributed by atoms with E-state index in [1.54, 1.807) is 48.0 Å². The molecule has 0 saturated heterocycles. The van der Waals surface area contributed by atoms with Gasteiger partial charge in [0.25, 0.3) is 5.56 Å². The summed E-state index contributed by atoms with van der Waals surface area (Å²) in [6, 6.07) is 11.4. The second-order valence-corrected chi connectivity index (χ2v) is 8.31. The first-order valence-corrected chi connectivity index (χ1v) is 10.6. The number of thiazole rings is 1. The summed E-state index contributed by atoms with van der Waals surface area (Å²) in [5.41, 5.74) is 1.64. The van der Waals surface area contributed by atoms with Crippen LogP contribution in [0.4, 0.5) is 10.8 Å². The van der Waals surface area contributed by atoms with E-state index in [1.807, 2.05) is 0 Å². The Labute approximate surface area is 159 Å². The fourth-order valence-electron chi connectivity index (χ4n) is 2.29. The minimum atomic E-state index is -3.33. The first kappa shape index (κ1) is 18.8. The van der Waals surface area contributed by atoms with E-state index >= 15 is 0 Å². The van der Waals surface area contributed by atoms with Gasteiger partial charge in [-0.3, -0.25) is 14.3 Å². The summed E-state index contributed by atoms with van der Waals surface area (Å²) in [6.45, 7) is -0.0968. The lowest BCUT2D eigenvalue weighted by Gasteiger charge is -2.05. The third-order valence-electron chi connectivity index (χ3n) is 3.45. The van der Waals surface area contributed by atoms with Gasteiger partial charge in [-0.2, -0.15) is 0 Å². The normalized spacial score (nSPS) is 11.1. The zero-order chi connectivity index (χ0) is 19.4. The molecule has 10 heteroatoms. The largest absolute Gasteiger partial charge is 0.306 e. The Morgan fingerprint density at radius 1 is 1.19 bits per heavy atom. The second-order valence-electron chi connectivity index (χ2n) is 5.70. The van der Waals surface area contributed by atoms with Crippen molar-refractivity contribution in [2.45, 2.75) is 6.54 Å². The van der Waals surface area contributed by atoms with Gasteiger partial charge in [0.15, 0.2) is 5.13 Å². The van der Waals surface area contributed by atoms with Gasteiger partial charge in [-0.05, 0) is 18.2 Å². The number of rotatable bonds is 6. The van der Waals surface area contributed by atoms with Crippen molar-refractivity contribution >= 4 is 38.1 Å². The van der Waals surface area contributed by atoms with Gasteiger partial charge >= 0.3 is 0 Å². The molecule has 140 valence electrons. The molecule has 0 saturated carbocycles. The van der Waals surface area contributed by atoms with E-state index in [4.69, 9.17) is 0 Å². The van der Waals surface area contributed by atoms with Crippen molar-refractivity contribution in [1.82, 2.24) is 9.55 Å². The minimum Gasteiger partial charge on any atom is -0.306 e. The summed E-state index contributed by atoms with van der Waals surface area (Å²) < 4.78 is 26.2. The highest BCUT2D eigenvalue weighted by molar-refractivity contribution is 7.92. The zero-order valence-corrected chi connectivity index (χ0v) is 15.9. The van der Waals surface area contributed by atoms with Gasteiger partial charge in [0.2, 0.25) is 15.9 Å². The third-order valence-corrected chi connectivity index (χ3v) is 4.81. The molecule has 0 aliphatic heterocycles. The molecule has 0 atom stereocenters. The predicted molar refractivity (Wildman–Crippen MR) is 105 cm³/mol. The lowest BCUT2D eigenvalue weighted by atomic mass is 10.1. The Morgan fingerprint density at radius 2 is 1.93 bits per heavy atom. The van der Waals surface area contributed by atoms with Crippen LogP contribution >= 0.6 is 11.3 Å². The Morgan fingerprint density at radius 3 is 2.59 bits per heavy atom. The van der Waals surface area contributed by atoms with E-state index in [1.165, 1.54) is 22.0 Å². The number of nitrogens with one attached hydrogen (secondary N) is 2. The summed E-state index contributed by atoms with van der Waals surface area (Å²) in [4.78, 5) is 28.1. The topological polar surface area (TPSA) is 110 Å². The summed E-state index contributed by atoms with van der Waals surface area (Å²) >= 11 is 1.26. The molecule has 8 nitrogen and oxygen atoms in total. The van der Waals surface area contributed by atoms with Crippen LogP contribution < -0.4 is 15.6 Å². The van der Waals surface area contributed by atoms with E-state index in [0.717, 1.165) is 11.8 Å².